The predicted molar refractivity (Wildman–Crippen MR) is 136 cm³/mol. The van der Waals surface area contributed by atoms with Crippen molar-refractivity contribution in [2.24, 2.45) is 10.2 Å². The fourth-order valence-electron chi connectivity index (χ4n) is 3.48. The number of benzene rings is 4. The molecule has 0 saturated heterocycles. The Hall–Kier alpha value is -2.36. The number of hydrogen-bond acceptors (Lipinski definition) is 8. The maximum Gasteiger partial charge on any atom is 1.00 e. The third kappa shape index (κ3) is 8.82. The van der Waals surface area contributed by atoms with E-state index in [-0.39, 0.29) is 87.4 Å². The molecule has 0 aromatic heterocycles. The van der Waals surface area contributed by atoms with Crippen molar-refractivity contribution in [3.63, 3.8) is 0 Å². The van der Waals surface area contributed by atoms with Crippen molar-refractivity contribution in [2.45, 2.75) is 9.79 Å². The quantitative estimate of drug-likeness (QED) is 0.113. The zero-order valence-electron chi connectivity index (χ0n) is 21.3. The zero-order chi connectivity index (χ0) is 27.5. The summed E-state index contributed by atoms with van der Waals surface area (Å²) in [5.41, 5.74) is 1.47. The van der Waals surface area contributed by atoms with Crippen molar-refractivity contribution >= 4 is 43.8 Å². The Morgan fingerprint density at radius 2 is 0.950 bits per heavy atom. The molecule has 0 bridgehead atoms. The molecule has 0 spiro atoms. The van der Waals surface area contributed by atoms with Gasteiger partial charge in [-0.05, 0) is 52.6 Å². The molecule has 4 aromatic carbocycles. The second kappa shape index (κ2) is 14.0. The van der Waals surface area contributed by atoms with Gasteiger partial charge < -0.3 is 10.2 Å². The van der Waals surface area contributed by atoms with Crippen molar-refractivity contribution in [3.8, 4) is 22.6 Å². The maximum absolute atomic E-state index is 12.1. The Balaban J connectivity index is 0.00000280. The summed E-state index contributed by atoms with van der Waals surface area (Å²) in [6.07, 6.45) is 2.52. The second-order valence-corrected chi connectivity index (χ2v) is 10.8. The molecule has 0 atom stereocenters. The minimum absolute atomic E-state index is 0. The Labute approximate surface area is 275 Å². The SMILES string of the molecule is O=S(=O)(O)c1cc(N=Nc2ccc([O-])cc2)ccc1/C=C/c1ccc(-c2ccc([O-])cc2)cc1S(=O)(=O)O.[Na+].[Na+]. The molecule has 0 radical (unpaired) electrons. The Morgan fingerprint density at radius 3 is 1.48 bits per heavy atom. The van der Waals surface area contributed by atoms with Gasteiger partial charge in [-0.2, -0.15) is 27.1 Å². The van der Waals surface area contributed by atoms with E-state index in [9.17, 15) is 36.2 Å². The number of nitrogens with zero attached hydrogens (tertiary/aromatic N) is 2. The first-order valence-electron chi connectivity index (χ1n) is 10.8. The molecule has 10 nitrogen and oxygen atoms in total. The van der Waals surface area contributed by atoms with Gasteiger partial charge in [0.05, 0.1) is 11.4 Å². The molecular formula is C26H18N2Na2O8S2. The first kappa shape index (κ1) is 33.8. The summed E-state index contributed by atoms with van der Waals surface area (Å²) in [6.45, 7) is 0. The molecule has 0 heterocycles. The molecule has 194 valence electrons. The standard InChI is InChI=1S/C26H20N2O8S2.2Na/c29-23-11-6-17(7-12-23)20-4-3-18(25(15-20)37(31,32)33)1-2-19-5-8-22(16-26(19)38(34,35)36)28-27-21-9-13-24(30)14-10-21;;/h1-16,29-30H,(H,31,32,33)(H,34,35,36);;/q;2*+1/p-2/b2-1+,28-27?;;. The molecule has 0 aliphatic heterocycles. The van der Waals surface area contributed by atoms with Crippen LogP contribution in [-0.2, 0) is 20.2 Å². The van der Waals surface area contributed by atoms with Gasteiger partial charge in [-0.3, -0.25) is 9.11 Å². The van der Waals surface area contributed by atoms with E-state index in [0.717, 1.165) is 6.07 Å². The van der Waals surface area contributed by atoms with E-state index in [0.29, 0.717) is 16.8 Å². The van der Waals surface area contributed by atoms with E-state index in [1.807, 2.05) is 0 Å². The van der Waals surface area contributed by atoms with Gasteiger partial charge in [-0.1, -0.05) is 66.7 Å². The molecule has 2 N–H and O–H groups in total. The zero-order valence-corrected chi connectivity index (χ0v) is 26.9. The van der Waals surface area contributed by atoms with Crippen LogP contribution in [0.2, 0.25) is 0 Å². The van der Waals surface area contributed by atoms with Gasteiger partial charge in [-0.25, -0.2) is 0 Å². The van der Waals surface area contributed by atoms with E-state index >= 15 is 0 Å². The molecule has 14 heteroatoms. The minimum atomic E-state index is -4.72. The monoisotopic (exact) mass is 596 g/mol. The second-order valence-electron chi connectivity index (χ2n) is 7.98. The van der Waals surface area contributed by atoms with E-state index < -0.39 is 30.0 Å². The van der Waals surface area contributed by atoms with Crippen LogP contribution in [-0.4, -0.2) is 25.9 Å². The van der Waals surface area contributed by atoms with Crippen LogP contribution < -0.4 is 69.3 Å². The number of hydrogen-bond donors (Lipinski definition) is 2. The van der Waals surface area contributed by atoms with Crippen LogP contribution in [0.4, 0.5) is 11.4 Å². The summed E-state index contributed by atoms with van der Waals surface area (Å²) in [6, 6.07) is 19.1. The summed E-state index contributed by atoms with van der Waals surface area (Å²) in [7, 11) is -9.41. The third-order valence-corrected chi connectivity index (χ3v) is 7.13. The number of azo groups is 1. The molecule has 0 aliphatic carbocycles. The third-order valence-electron chi connectivity index (χ3n) is 5.31. The fraction of sp³-hybridized carbons (Fsp3) is 0. The van der Waals surface area contributed by atoms with Crippen LogP contribution in [0.15, 0.2) is 105 Å². The summed E-state index contributed by atoms with van der Waals surface area (Å²) < 4.78 is 67.8. The van der Waals surface area contributed by atoms with Crippen molar-refractivity contribution in [3.05, 3.63) is 96.1 Å². The van der Waals surface area contributed by atoms with Gasteiger partial charge in [0.25, 0.3) is 20.2 Å². The van der Waals surface area contributed by atoms with Gasteiger partial charge in [0, 0.05) is 0 Å². The van der Waals surface area contributed by atoms with Crippen LogP contribution >= 0.6 is 0 Å². The first-order chi connectivity index (χ1) is 17.9. The molecule has 0 amide bonds. The van der Waals surface area contributed by atoms with Crippen molar-refractivity contribution in [1.29, 1.82) is 0 Å². The number of rotatable bonds is 7. The van der Waals surface area contributed by atoms with Gasteiger partial charge in [0.2, 0.25) is 0 Å². The fourth-order valence-corrected chi connectivity index (χ4v) is 4.89. The molecular weight excluding hydrogens is 578 g/mol. The van der Waals surface area contributed by atoms with E-state index in [1.54, 1.807) is 6.07 Å². The molecule has 0 unspecified atom stereocenters. The smallest absolute Gasteiger partial charge is 0.872 e. The van der Waals surface area contributed by atoms with Crippen molar-refractivity contribution < 1.29 is 95.3 Å². The van der Waals surface area contributed by atoms with Crippen LogP contribution in [0.5, 0.6) is 11.5 Å². The van der Waals surface area contributed by atoms with Crippen LogP contribution in [0.3, 0.4) is 0 Å². The van der Waals surface area contributed by atoms with E-state index in [1.165, 1.54) is 84.9 Å². The van der Waals surface area contributed by atoms with Crippen molar-refractivity contribution in [2.75, 3.05) is 0 Å². The normalized spacial score (nSPS) is 11.8. The molecule has 0 fully saturated rings. The average molecular weight is 597 g/mol. The molecule has 4 aromatic rings. The molecule has 4 rings (SSSR count). The molecule has 0 saturated carbocycles. The van der Waals surface area contributed by atoms with Gasteiger partial charge in [-0.15, -0.1) is 11.5 Å². The van der Waals surface area contributed by atoms with Crippen LogP contribution in [0.25, 0.3) is 23.3 Å². The topological polar surface area (TPSA) is 180 Å². The first-order valence-corrected chi connectivity index (χ1v) is 13.7. The van der Waals surface area contributed by atoms with Gasteiger partial charge in [0.1, 0.15) is 9.79 Å². The molecule has 0 aliphatic rings. The maximum atomic E-state index is 12.1. The summed E-state index contributed by atoms with van der Waals surface area (Å²) in [5, 5.41) is 30.4. The summed E-state index contributed by atoms with van der Waals surface area (Å²) in [5.74, 6) is -0.429. The minimum Gasteiger partial charge on any atom is -0.872 e. The molecule has 40 heavy (non-hydrogen) atoms. The van der Waals surface area contributed by atoms with E-state index in [2.05, 4.69) is 10.2 Å². The van der Waals surface area contributed by atoms with Crippen LogP contribution in [0.1, 0.15) is 11.1 Å². The predicted octanol–water partition coefficient (Wildman–Crippen LogP) is -1.41. The Kier molecular flexibility index (Phi) is 11.9. The summed E-state index contributed by atoms with van der Waals surface area (Å²) in [4.78, 5) is -0.955. The van der Waals surface area contributed by atoms with Crippen molar-refractivity contribution in [1.82, 2.24) is 0 Å². The van der Waals surface area contributed by atoms with Gasteiger partial charge in [0.15, 0.2) is 0 Å². The Morgan fingerprint density at radius 1 is 0.550 bits per heavy atom. The summed E-state index contributed by atoms with van der Waals surface area (Å²) >= 11 is 0. The van der Waals surface area contributed by atoms with Crippen LogP contribution in [0, 0.1) is 0 Å². The van der Waals surface area contributed by atoms with E-state index in [4.69, 9.17) is 0 Å². The average Bonchev–Trinajstić information content (AvgIpc) is 2.87. The Bertz CT molecular complexity index is 1770. The largest absolute Gasteiger partial charge is 1.00 e. The van der Waals surface area contributed by atoms with Gasteiger partial charge >= 0.3 is 59.1 Å².